The smallest absolute Gasteiger partial charge is 0.0555 e. The summed E-state index contributed by atoms with van der Waals surface area (Å²) < 4.78 is 2.43. The van der Waals surface area contributed by atoms with Crippen LogP contribution in [0.3, 0.4) is 0 Å². The molecule has 2 aliphatic carbocycles. The number of para-hydroxylation sites is 1. The van der Waals surface area contributed by atoms with Crippen LogP contribution >= 0.6 is 0 Å². The Balaban J connectivity index is 1.25. The van der Waals surface area contributed by atoms with E-state index >= 15 is 0 Å². The molecule has 9 rings (SSSR count). The molecule has 0 fully saturated rings. The third-order valence-electron chi connectivity index (χ3n) is 12.5. The van der Waals surface area contributed by atoms with Gasteiger partial charge in [-0.25, -0.2) is 0 Å². The second-order valence-corrected chi connectivity index (χ2v) is 15.1. The van der Waals surface area contributed by atoms with Crippen molar-refractivity contribution in [2.45, 2.75) is 64.8 Å². The summed E-state index contributed by atoms with van der Waals surface area (Å²) in [5, 5.41) is 9.13. The van der Waals surface area contributed by atoms with Gasteiger partial charge in [-0.05, 0) is 104 Å². The molecule has 1 atom stereocenters. The highest BCUT2D eigenvalue weighted by molar-refractivity contribution is 6.21. The maximum Gasteiger partial charge on any atom is 0.0555 e. The van der Waals surface area contributed by atoms with Crippen LogP contribution in [0.2, 0.25) is 0 Å². The lowest BCUT2D eigenvalue weighted by Crippen LogP contribution is -2.42. The summed E-state index contributed by atoms with van der Waals surface area (Å²) in [4.78, 5) is 0. The molecule has 45 heavy (non-hydrogen) atoms. The second-order valence-electron chi connectivity index (χ2n) is 15.1. The molecule has 0 spiro atoms. The minimum atomic E-state index is 0.0507. The predicted octanol–water partition coefficient (Wildman–Crippen LogP) is 11.2. The SMILES string of the molecule is CC1(C)c2ccc3c(c2C(C)(C)C1(C)C)C1=CC(c2ccc4c(c2)c2c5ccccc5ccc2n4-c2ccccc2)=CCC1N3. The molecule has 3 aliphatic rings. The standard InChI is InChI=1S/C43H40N2/c1-41(2)33-19-21-35-39(40(33)42(3,4)43(41,5)6)31-24-27(16-20-34(31)44-35)28-18-22-36-32(25-28)38-30-15-11-10-12-26(30)17-23-37(38)45(36)29-13-8-7-9-14-29/h7-19,21-25,34,44H,20H2,1-6H3. The number of fused-ring (bicyclic) bond motifs is 10. The molecule has 0 bridgehead atoms. The Labute approximate surface area is 266 Å². The Morgan fingerprint density at radius 3 is 2.29 bits per heavy atom. The van der Waals surface area contributed by atoms with Crippen LogP contribution in [0.5, 0.6) is 0 Å². The average Bonchev–Trinajstić information content (AvgIpc) is 3.62. The molecule has 1 N–H and O–H groups in total. The van der Waals surface area contributed by atoms with E-state index in [0.717, 1.165) is 6.42 Å². The molecule has 1 aliphatic heterocycles. The van der Waals surface area contributed by atoms with Crippen molar-refractivity contribution in [1.29, 1.82) is 0 Å². The van der Waals surface area contributed by atoms with Gasteiger partial charge in [-0.3, -0.25) is 0 Å². The summed E-state index contributed by atoms with van der Waals surface area (Å²) in [5.41, 5.74) is 13.8. The van der Waals surface area contributed by atoms with Crippen LogP contribution in [0.15, 0.2) is 109 Å². The minimum Gasteiger partial charge on any atom is -0.377 e. The Kier molecular flexibility index (Phi) is 5.23. The van der Waals surface area contributed by atoms with Crippen molar-refractivity contribution in [3.05, 3.63) is 131 Å². The van der Waals surface area contributed by atoms with Gasteiger partial charge >= 0.3 is 0 Å². The van der Waals surface area contributed by atoms with Crippen molar-refractivity contribution >= 4 is 49.4 Å². The van der Waals surface area contributed by atoms with Gasteiger partial charge in [0.2, 0.25) is 0 Å². The molecule has 0 saturated carbocycles. The first-order valence-corrected chi connectivity index (χ1v) is 16.5. The topological polar surface area (TPSA) is 17.0 Å². The van der Waals surface area contributed by atoms with Gasteiger partial charge in [0.15, 0.2) is 0 Å². The lowest BCUT2D eigenvalue weighted by atomic mass is 9.59. The van der Waals surface area contributed by atoms with E-state index in [1.807, 2.05) is 0 Å². The van der Waals surface area contributed by atoms with Gasteiger partial charge in [-0.2, -0.15) is 0 Å². The van der Waals surface area contributed by atoms with Crippen molar-refractivity contribution in [2.24, 2.45) is 5.41 Å². The number of nitrogens with zero attached hydrogens (tertiary/aromatic N) is 1. The van der Waals surface area contributed by atoms with Crippen LogP contribution < -0.4 is 5.32 Å². The van der Waals surface area contributed by atoms with Crippen molar-refractivity contribution in [2.75, 3.05) is 5.32 Å². The zero-order valence-corrected chi connectivity index (χ0v) is 27.1. The Hall–Kier alpha value is -4.56. The molecule has 1 aromatic heterocycles. The summed E-state index contributed by atoms with van der Waals surface area (Å²) in [7, 11) is 0. The van der Waals surface area contributed by atoms with Crippen LogP contribution in [-0.4, -0.2) is 10.6 Å². The van der Waals surface area contributed by atoms with Crippen molar-refractivity contribution in [3.8, 4) is 5.69 Å². The number of hydrogen-bond acceptors (Lipinski definition) is 1. The molecule has 222 valence electrons. The average molecular weight is 585 g/mol. The molecule has 0 radical (unpaired) electrons. The fourth-order valence-corrected chi connectivity index (χ4v) is 8.92. The number of benzene rings is 5. The quantitative estimate of drug-likeness (QED) is 0.214. The highest BCUT2D eigenvalue weighted by Crippen LogP contribution is 2.64. The van der Waals surface area contributed by atoms with E-state index in [-0.39, 0.29) is 16.2 Å². The van der Waals surface area contributed by atoms with Crippen LogP contribution in [0.4, 0.5) is 5.69 Å². The first-order chi connectivity index (χ1) is 21.6. The van der Waals surface area contributed by atoms with E-state index < -0.39 is 0 Å². The molecule has 0 saturated heterocycles. The van der Waals surface area contributed by atoms with Gasteiger partial charge in [0.25, 0.3) is 0 Å². The molecule has 2 heterocycles. The first-order valence-electron chi connectivity index (χ1n) is 16.5. The van der Waals surface area contributed by atoms with Crippen molar-refractivity contribution in [1.82, 2.24) is 4.57 Å². The monoisotopic (exact) mass is 584 g/mol. The Morgan fingerprint density at radius 1 is 0.711 bits per heavy atom. The fraction of sp³-hybridized carbons (Fsp3) is 0.256. The third-order valence-corrected chi connectivity index (χ3v) is 12.5. The highest BCUT2D eigenvalue weighted by atomic mass is 15.0. The van der Waals surface area contributed by atoms with Crippen LogP contribution in [0, 0.1) is 5.41 Å². The van der Waals surface area contributed by atoms with E-state index in [9.17, 15) is 0 Å². The zero-order chi connectivity index (χ0) is 30.9. The summed E-state index contributed by atoms with van der Waals surface area (Å²) in [6.07, 6.45) is 5.93. The van der Waals surface area contributed by atoms with Gasteiger partial charge in [0, 0.05) is 27.7 Å². The van der Waals surface area contributed by atoms with Crippen LogP contribution in [-0.2, 0) is 10.8 Å². The summed E-state index contributed by atoms with van der Waals surface area (Å²) >= 11 is 0. The number of anilines is 1. The minimum absolute atomic E-state index is 0.0507. The van der Waals surface area contributed by atoms with Gasteiger partial charge in [-0.1, -0.05) is 108 Å². The zero-order valence-electron chi connectivity index (χ0n) is 27.1. The van der Waals surface area contributed by atoms with Gasteiger partial charge in [-0.15, -0.1) is 0 Å². The van der Waals surface area contributed by atoms with E-state index in [0.29, 0.717) is 6.04 Å². The van der Waals surface area contributed by atoms with Crippen LogP contribution in [0.1, 0.15) is 70.2 Å². The third kappa shape index (κ3) is 3.35. The normalized spacial score (nSPS) is 20.4. The predicted molar refractivity (Wildman–Crippen MR) is 193 cm³/mol. The molecule has 0 amide bonds. The van der Waals surface area contributed by atoms with Crippen molar-refractivity contribution < 1.29 is 0 Å². The first kappa shape index (κ1) is 26.8. The molecule has 1 unspecified atom stereocenters. The molecular weight excluding hydrogens is 544 g/mol. The number of hydrogen-bond donors (Lipinski definition) is 1. The number of nitrogens with one attached hydrogen (secondary N) is 1. The van der Waals surface area contributed by atoms with Crippen molar-refractivity contribution in [3.63, 3.8) is 0 Å². The summed E-state index contributed by atoms with van der Waals surface area (Å²) in [6, 6.07) is 36.3. The Bertz CT molecular complexity index is 2290. The van der Waals surface area contributed by atoms with E-state index in [2.05, 4.69) is 161 Å². The molecule has 6 aromatic rings. The second kappa shape index (κ2) is 8.79. The van der Waals surface area contributed by atoms with Gasteiger partial charge in [0.1, 0.15) is 0 Å². The fourth-order valence-electron chi connectivity index (χ4n) is 8.92. The lowest BCUT2D eigenvalue weighted by Gasteiger charge is -2.44. The summed E-state index contributed by atoms with van der Waals surface area (Å²) in [5.74, 6) is 0. The van der Waals surface area contributed by atoms with E-state index in [1.54, 1.807) is 5.56 Å². The molecule has 2 heteroatoms. The maximum absolute atomic E-state index is 3.91. The molecule has 2 nitrogen and oxygen atoms in total. The number of rotatable bonds is 2. The number of aromatic nitrogens is 1. The molecular formula is C43H40N2. The van der Waals surface area contributed by atoms with E-state index in [4.69, 9.17) is 0 Å². The Morgan fingerprint density at radius 2 is 1.47 bits per heavy atom. The maximum atomic E-state index is 3.91. The van der Waals surface area contributed by atoms with Crippen LogP contribution in [0.25, 0.3) is 49.4 Å². The summed E-state index contributed by atoms with van der Waals surface area (Å²) in [6.45, 7) is 14.7. The highest BCUT2D eigenvalue weighted by Gasteiger charge is 2.58. The van der Waals surface area contributed by atoms with Gasteiger partial charge < -0.3 is 9.88 Å². The lowest BCUT2D eigenvalue weighted by molar-refractivity contribution is 0.125. The van der Waals surface area contributed by atoms with Gasteiger partial charge in [0.05, 0.1) is 17.1 Å². The molecule has 5 aromatic carbocycles. The number of allylic oxidation sites excluding steroid dienone is 2. The largest absolute Gasteiger partial charge is 0.377 e. The van der Waals surface area contributed by atoms with E-state index in [1.165, 1.54) is 71.8 Å².